The zero-order chi connectivity index (χ0) is 23.8. The zero-order valence-corrected chi connectivity index (χ0v) is 18.4. The number of aromatic nitrogens is 2. The Bertz CT molecular complexity index is 1250. The topological polar surface area (TPSA) is 104 Å². The fraction of sp³-hybridized carbons (Fsp3) is 0.111. The summed E-state index contributed by atoms with van der Waals surface area (Å²) in [4.78, 5) is 32.5. The molecule has 4 aromatic rings. The maximum Gasteiger partial charge on any atom is 0.326 e. The second-order valence-electron chi connectivity index (χ2n) is 7.80. The number of rotatable bonds is 9. The fourth-order valence-electron chi connectivity index (χ4n) is 3.53. The van der Waals surface area contributed by atoms with Crippen LogP contribution < -0.4 is 10.6 Å². The summed E-state index contributed by atoms with van der Waals surface area (Å²) < 4.78 is 0. The molecule has 1 aromatic heterocycles. The maximum absolute atomic E-state index is 12.3. The van der Waals surface area contributed by atoms with Gasteiger partial charge in [0.2, 0.25) is 5.91 Å². The first kappa shape index (κ1) is 22.7. The predicted molar refractivity (Wildman–Crippen MR) is 131 cm³/mol. The number of hydrogen-bond acceptors (Lipinski definition) is 5. The number of carboxylic acids is 1. The lowest BCUT2D eigenvalue weighted by Crippen LogP contribution is -2.31. The Hall–Kier alpha value is -4.52. The highest BCUT2D eigenvalue weighted by atomic mass is 16.4. The van der Waals surface area contributed by atoms with E-state index in [0.29, 0.717) is 30.0 Å². The van der Waals surface area contributed by atoms with E-state index in [9.17, 15) is 14.7 Å². The van der Waals surface area contributed by atoms with Gasteiger partial charge in [-0.3, -0.25) is 4.79 Å². The summed E-state index contributed by atoms with van der Waals surface area (Å²) in [6.45, 7) is 0. The second kappa shape index (κ2) is 10.9. The van der Waals surface area contributed by atoms with Gasteiger partial charge in [-0.05, 0) is 23.3 Å². The van der Waals surface area contributed by atoms with Gasteiger partial charge in [-0.25, -0.2) is 14.8 Å². The molecular formula is C27H24N4O3. The molecule has 1 unspecified atom stereocenters. The van der Waals surface area contributed by atoms with E-state index in [-0.39, 0.29) is 5.91 Å². The van der Waals surface area contributed by atoms with Gasteiger partial charge >= 0.3 is 5.97 Å². The first-order valence-electron chi connectivity index (χ1n) is 10.9. The van der Waals surface area contributed by atoms with Gasteiger partial charge in [-0.1, -0.05) is 72.8 Å². The lowest BCUT2D eigenvalue weighted by atomic mass is 10.1. The molecule has 0 aliphatic carbocycles. The van der Waals surface area contributed by atoms with Gasteiger partial charge in [0.1, 0.15) is 18.2 Å². The van der Waals surface area contributed by atoms with Crippen molar-refractivity contribution >= 4 is 23.4 Å². The lowest BCUT2D eigenvalue weighted by molar-refractivity contribution is -0.137. The summed E-state index contributed by atoms with van der Waals surface area (Å²) in [7, 11) is 0. The fourth-order valence-corrected chi connectivity index (χ4v) is 3.53. The van der Waals surface area contributed by atoms with Gasteiger partial charge in [0.05, 0.1) is 12.1 Å². The van der Waals surface area contributed by atoms with Crippen molar-refractivity contribution in [3.05, 3.63) is 108 Å². The number of nitrogens with zero attached hydrogens (tertiary/aromatic N) is 2. The van der Waals surface area contributed by atoms with Crippen LogP contribution in [-0.2, 0) is 22.4 Å². The molecule has 3 N–H and O–H groups in total. The summed E-state index contributed by atoms with van der Waals surface area (Å²) in [5, 5.41) is 15.5. The number of amides is 1. The highest BCUT2D eigenvalue weighted by Gasteiger charge is 2.18. The Labute approximate surface area is 197 Å². The van der Waals surface area contributed by atoms with E-state index in [1.807, 2.05) is 84.9 Å². The monoisotopic (exact) mass is 452 g/mol. The van der Waals surface area contributed by atoms with Gasteiger partial charge in [0.25, 0.3) is 0 Å². The Morgan fingerprint density at radius 1 is 0.824 bits per heavy atom. The molecular weight excluding hydrogens is 428 g/mol. The number of benzene rings is 3. The van der Waals surface area contributed by atoms with Crippen LogP contribution in [0, 0.1) is 0 Å². The molecule has 3 aromatic carbocycles. The minimum atomic E-state index is -0.959. The van der Waals surface area contributed by atoms with Crippen LogP contribution in [0.1, 0.15) is 11.1 Å². The maximum atomic E-state index is 12.3. The first-order chi connectivity index (χ1) is 16.6. The number of carbonyl (C=O) groups is 2. The molecule has 170 valence electrons. The first-order valence-corrected chi connectivity index (χ1v) is 10.9. The van der Waals surface area contributed by atoms with Crippen molar-refractivity contribution < 1.29 is 14.7 Å². The Morgan fingerprint density at radius 3 is 2.12 bits per heavy atom. The van der Waals surface area contributed by atoms with Gasteiger partial charge in [-0.2, -0.15) is 0 Å². The number of hydrogen-bond donors (Lipinski definition) is 3. The van der Waals surface area contributed by atoms with Crippen molar-refractivity contribution in [2.45, 2.75) is 18.9 Å². The number of anilines is 2. The highest BCUT2D eigenvalue weighted by Crippen LogP contribution is 2.22. The van der Waals surface area contributed by atoms with Crippen LogP contribution in [0.4, 0.5) is 11.5 Å². The number of carboxylic acid groups (broad SMARTS) is 1. The third-order valence-corrected chi connectivity index (χ3v) is 5.24. The SMILES string of the molecule is O=C(Cc1ccccc1)Nc1ccc(-c2cc(NC(Cc3ccccc3)C(=O)O)ncn2)cc1. The lowest BCUT2D eigenvalue weighted by Gasteiger charge is -2.15. The summed E-state index contributed by atoms with van der Waals surface area (Å²) in [5.74, 6) is -0.626. The number of nitrogens with one attached hydrogen (secondary N) is 2. The molecule has 0 aliphatic heterocycles. The van der Waals surface area contributed by atoms with Crippen LogP contribution in [0.2, 0.25) is 0 Å². The zero-order valence-electron chi connectivity index (χ0n) is 18.4. The molecule has 1 heterocycles. The molecule has 0 fully saturated rings. The molecule has 4 rings (SSSR count). The van der Waals surface area contributed by atoms with E-state index in [0.717, 1.165) is 16.7 Å². The Kier molecular flexibility index (Phi) is 7.25. The largest absolute Gasteiger partial charge is 0.480 e. The quantitative estimate of drug-likeness (QED) is 0.347. The molecule has 34 heavy (non-hydrogen) atoms. The molecule has 7 heteroatoms. The number of aliphatic carboxylic acids is 1. The summed E-state index contributed by atoms with van der Waals surface area (Å²) in [5.41, 5.74) is 4.02. The van der Waals surface area contributed by atoms with Gasteiger partial charge in [0, 0.05) is 23.7 Å². The van der Waals surface area contributed by atoms with Crippen LogP contribution in [0.5, 0.6) is 0 Å². The molecule has 0 spiro atoms. The van der Waals surface area contributed by atoms with Crippen LogP contribution in [0.25, 0.3) is 11.3 Å². The van der Waals surface area contributed by atoms with Crippen molar-refractivity contribution in [2.24, 2.45) is 0 Å². The minimum Gasteiger partial charge on any atom is -0.480 e. The van der Waals surface area contributed by atoms with E-state index >= 15 is 0 Å². The minimum absolute atomic E-state index is 0.0920. The van der Waals surface area contributed by atoms with E-state index in [1.54, 1.807) is 6.07 Å². The van der Waals surface area contributed by atoms with Crippen LogP contribution in [0.15, 0.2) is 97.3 Å². The Morgan fingerprint density at radius 2 is 1.47 bits per heavy atom. The summed E-state index contributed by atoms with van der Waals surface area (Å²) in [6, 6.07) is 27.2. The van der Waals surface area contributed by atoms with Gasteiger partial charge in [-0.15, -0.1) is 0 Å². The standard InChI is InChI=1S/C27H24N4O3/c32-26(16-20-9-5-2-6-10-20)30-22-13-11-21(12-14-22)23-17-25(29-18-28-23)31-24(27(33)34)15-19-7-3-1-4-8-19/h1-14,17-18,24H,15-16H2,(H,30,32)(H,33,34)(H,28,29,31). The molecule has 1 amide bonds. The molecule has 0 saturated heterocycles. The van der Waals surface area contributed by atoms with E-state index in [4.69, 9.17) is 0 Å². The molecule has 0 radical (unpaired) electrons. The van der Waals surface area contributed by atoms with Crippen molar-refractivity contribution in [2.75, 3.05) is 10.6 Å². The van der Waals surface area contributed by atoms with Crippen LogP contribution in [0.3, 0.4) is 0 Å². The van der Waals surface area contributed by atoms with Gasteiger partial charge < -0.3 is 15.7 Å². The van der Waals surface area contributed by atoms with E-state index in [1.165, 1.54) is 6.33 Å². The normalized spacial score (nSPS) is 11.4. The van der Waals surface area contributed by atoms with E-state index in [2.05, 4.69) is 20.6 Å². The predicted octanol–water partition coefficient (Wildman–Crippen LogP) is 4.43. The summed E-state index contributed by atoms with van der Waals surface area (Å²) in [6.07, 6.45) is 2.03. The Balaban J connectivity index is 1.41. The molecule has 0 bridgehead atoms. The third-order valence-electron chi connectivity index (χ3n) is 5.24. The van der Waals surface area contributed by atoms with Crippen LogP contribution >= 0.6 is 0 Å². The van der Waals surface area contributed by atoms with Crippen molar-refractivity contribution in [3.8, 4) is 11.3 Å². The summed E-state index contributed by atoms with van der Waals surface area (Å²) >= 11 is 0. The van der Waals surface area contributed by atoms with Crippen molar-refractivity contribution in [1.82, 2.24) is 9.97 Å². The molecule has 0 saturated carbocycles. The smallest absolute Gasteiger partial charge is 0.326 e. The average Bonchev–Trinajstić information content (AvgIpc) is 2.85. The average molecular weight is 453 g/mol. The van der Waals surface area contributed by atoms with Crippen molar-refractivity contribution in [1.29, 1.82) is 0 Å². The molecule has 1 atom stereocenters. The second-order valence-corrected chi connectivity index (χ2v) is 7.80. The van der Waals surface area contributed by atoms with Crippen molar-refractivity contribution in [3.63, 3.8) is 0 Å². The third kappa shape index (κ3) is 6.26. The molecule has 0 aliphatic rings. The highest BCUT2D eigenvalue weighted by molar-refractivity contribution is 5.92. The van der Waals surface area contributed by atoms with E-state index < -0.39 is 12.0 Å². The number of carbonyl (C=O) groups excluding carboxylic acids is 1. The van der Waals surface area contributed by atoms with Gasteiger partial charge in [0.15, 0.2) is 0 Å². The molecule has 7 nitrogen and oxygen atoms in total. The van der Waals surface area contributed by atoms with Crippen LogP contribution in [-0.4, -0.2) is 33.0 Å².